The van der Waals surface area contributed by atoms with E-state index in [1.165, 1.54) is 6.07 Å². The maximum absolute atomic E-state index is 12.3. The van der Waals surface area contributed by atoms with Crippen LogP contribution in [0.5, 0.6) is 0 Å². The van der Waals surface area contributed by atoms with Crippen LogP contribution in [0.3, 0.4) is 0 Å². The smallest absolute Gasteiger partial charge is 0.395 e. The molecule has 0 aliphatic carbocycles. The van der Waals surface area contributed by atoms with Gasteiger partial charge in [-0.1, -0.05) is 13.8 Å². The fourth-order valence-electron chi connectivity index (χ4n) is 3.01. The van der Waals surface area contributed by atoms with Gasteiger partial charge in [-0.05, 0) is 48.6 Å². The summed E-state index contributed by atoms with van der Waals surface area (Å²) in [5, 5.41) is 13.3. The molecule has 0 saturated heterocycles. The number of hydrogen-bond donors (Lipinski definition) is 1. The second-order valence-electron chi connectivity index (χ2n) is 6.92. The van der Waals surface area contributed by atoms with E-state index in [1.54, 1.807) is 11.0 Å². The minimum absolute atomic E-state index is 0.114. The van der Waals surface area contributed by atoms with Crippen molar-refractivity contribution in [3.05, 3.63) is 51.8 Å². The quantitative estimate of drug-likeness (QED) is 0.615. The van der Waals surface area contributed by atoms with Crippen molar-refractivity contribution in [2.24, 2.45) is 5.92 Å². The van der Waals surface area contributed by atoms with E-state index < -0.39 is 16.7 Å². The topological polar surface area (TPSA) is 106 Å². The van der Waals surface area contributed by atoms with Gasteiger partial charge in [-0.25, -0.2) is 0 Å². The van der Waals surface area contributed by atoms with Gasteiger partial charge >= 0.3 is 5.88 Å². The van der Waals surface area contributed by atoms with Crippen LogP contribution in [-0.2, 0) is 11.2 Å². The third-order valence-electron chi connectivity index (χ3n) is 4.46. The maximum Gasteiger partial charge on any atom is 0.433 e. The molecule has 0 spiro atoms. The number of carbonyl (C=O) groups is 2. The number of amides is 2. The van der Waals surface area contributed by atoms with E-state index in [0.29, 0.717) is 31.0 Å². The van der Waals surface area contributed by atoms with Crippen molar-refractivity contribution in [1.29, 1.82) is 0 Å². The largest absolute Gasteiger partial charge is 0.433 e. The van der Waals surface area contributed by atoms with E-state index in [4.69, 9.17) is 4.42 Å². The van der Waals surface area contributed by atoms with E-state index in [1.807, 2.05) is 12.1 Å². The van der Waals surface area contributed by atoms with Crippen LogP contribution >= 0.6 is 0 Å². The minimum atomic E-state index is -0.696. The molecular formula is C19H21N3O5. The lowest BCUT2D eigenvalue weighted by molar-refractivity contribution is -0.402. The molecule has 1 aromatic carbocycles. The zero-order valence-electron chi connectivity index (χ0n) is 15.2. The Labute approximate surface area is 156 Å². The minimum Gasteiger partial charge on any atom is -0.395 e. The molecule has 1 aliphatic heterocycles. The Bertz CT molecular complexity index is 887. The summed E-state index contributed by atoms with van der Waals surface area (Å²) in [6, 6.07) is 7.78. The average molecular weight is 371 g/mol. The second-order valence-corrected chi connectivity index (χ2v) is 6.92. The third kappa shape index (κ3) is 4.16. The molecule has 27 heavy (non-hydrogen) atoms. The molecule has 0 atom stereocenters. The molecule has 0 radical (unpaired) electrons. The van der Waals surface area contributed by atoms with Gasteiger partial charge in [0.15, 0.2) is 5.76 Å². The number of carbonyl (C=O) groups excluding carboxylic acids is 2. The van der Waals surface area contributed by atoms with E-state index in [-0.39, 0.29) is 11.7 Å². The molecule has 2 amide bonds. The van der Waals surface area contributed by atoms with E-state index in [2.05, 4.69) is 19.2 Å². The number of hydrogen-bond acceptors (Lipinski definition) is 5. The van der Waals surface area contributed by atoms with Crippen molar-refractivity contribution in [1.82, 2.24) is 0 Å². The Morgan fingerprint density at radius 1 is 1.30 bits per heavy atom. The van der Waals surface area contributed by atoms with Gasteiger partial charge in [0.05, 0.1) is 6.07 Å². The number of nitrogens with zero attached hydrogens (tertiary/aromatic N) is 2. The first-order valence-corrected chi connectivity index (χ1v) is 8.84. The standard InChI is InChI=1S/C19H21N3O5/c1-12(2)9-10-21-15-5-4-14(11-13(15)3-7-17(21)23)20-19(24)16-6-8-18(27-16)22(25)26/h4-6,8,11-12H,3,7,9-10H2,1-2H3,(H,20,24). The summed E-state index contributed by atoms with van der Waals surface area (Å²) < 4.78 is 4.91. The molecule has 8 nitrogen and oxygen atoms in total. The number of nitrogens with one attached hydrogen (secondary N) is 1. The van der Waals surface area contributed by atoms with Crippen LogP contribution in [0.4, 0.5) is 17.3 Å². The van der Waals surface area contributed by atoms with E-state index >= 15 is 0 Å². The van der Waals surface area contributed by atoms with Gasteiger partial charge in [0.25, 0.3) is 5.91 Å². The molecule has 0 saturated carbocycles. The molecule has 8 heteroatoms. The van der Waals surface area contributed by atoms with Crippen molar-refractivity contribution in [3.63, 3.8) is 0 Å². The van der Waals surface area contributed by atoms with Crippen molar-refractivity contribution in [3.8, 4) is 0 Å². The summed E-state index contributed by atoms with van der Waals surface area (Å²) in [4.78, 5) is 36.2. The first kappa shape index (κ1) is 18.6. The Hall–Kier alpha value is -3.16. The molecule has 1 aromatic heterocycles. The molecule has 2 heterocycles. The highest BCUT2D eigenvalue weighted by Gasteiger charge is 2.25. The zero-order valence-corrected chi connectivity index (χ0v) is 15.2. The number of nitro groups is 1. The van der Waals surface area contributed by atoms with Gasteiger partial charge < -0.3 is 14.6 Å². The number of aryl methyl sites for hydroxylation is 1. The Balaban J connectivity index is 1.76. The molecule has 1 aliphatic rings. The first-order chi connectivity index (χ1) is 12.8. The van der Waals surface area contributed by atoms with Gasteiger partial charge in [-0.3, -0.25) is 19.7 Å². The number of furan rings is 1. The van der Waals surface area contributed by atoms with Crippen molar-refractivity contribution in [2.75, 3.05) is 16.8 Å². The predicted molar refractivity (Wildman–Crippen MR) is 99.9 cm³/mol. The molecule has 2 aromatic rings. The summed E-state index contributed by atoms with van der Waals surface area (Å²) in [5.74, 6) is -0.563. The molecule has 0 bridgehead atoms. The normalized spacial score (nSPS) is 13.6. The highest BCUT2D eigenvalue weighted by atomic mass is 16.6. The van der Waals surface area contributed by atoms with Crippen LogP contribution in [0.15, 0.2) is 34.7 Å². The molecular weight excluding hydrogens is 350 g/mol. The van der Waals surface area contributed by atoms with Gasteiger partial charge in [0.1, 0.15) is 4.92 Å². The average Bonchev–Trinajstić information content (AvgIpc) is 3.11. The second kappa shape index (κ2) is 7.61. The summed E-state index contributed by atoms with van der Waals surface area (Å²) in [7, 11) is 0. The van der Waals surface area contributed by atoms with Gasteiger partial charge in [0.2, 0.25) is 5.91 Å². The van der Waals surface area contributed by atoms with Crippen molar-refractivity contribution < 1.29 is 18.9 Å². The zero-order chi connectivity index (χ0) is 19.6. The Morgan fingerprint density at radius 3 is 2.74 bits per heavy atom. The molecule has 1 N–H and O–H groups in total. The van der Waals surface area contributed by atoms with Crippen LogP contribution in [-0.4, -0.2) is 23.3 Å². The van der Waals surface area contributed by atoms with Crippen LogP contribution in [0.25, 0.3) is 0 Å². The van der Waals surface area contributed by atoms with Crippen LogP contribution < -0.4 is 10.2 Å². The Kier molecular flexibility index (Phi) is 5.25. The lowest BCUT2D eigenvalue weighted by Crippen LogP contribution is -2.36. The van der Waals surface area contributed by atoms with Gasteiger partial charge in [-0.15, -0.1) is 0 Å². The fraction of sp³-hybridized carbons (Fsp3) is 0.368. The van der Waals surface area contributed by atoms with Crippen molar-refractivity contribution in [2.45, 2.75) is 33.1 Å². The summed E-state index contributed by atoms with van der Waals surface area (Å²) in [6.07, 6.45) is 1.97. The fourth-order valence-corrected chi connectivity index (χ4v) is 3.01. The van der Waals surface area contributed by atoms with Crippen LogP contribution in [0.1, 0.15) is 42.8 Å². The highest BCUT2D eigenvalue weighted by molar-refractivity contribution is 6.03. The van der Waals surface area contributed by atoms with Crippen molar-refractivity contribution >= 4 is 29.1 Å². The summed E-state index contributed by atoms with van der Waals surface area (Å²) in [6.45, 7) is 4.91. The lowest BCUT2D eigenvalue weighted by atomic mass is 9.99. The first-order valence-electron chi connectivity index (χ1n) is 8.84. The number of fused-ring (bicyclic) bond motifs is 1. The van der Waals surface area contributed by atoms with E-state index in [0.717, 1.165) is 23.7 Å². The SMILES string of the molecule is CC(C)CCN1C(=O)CCc2cc(NC(=O)c3ccc([N+](=O)[O-])o3)ccc21. The highest BCUT2D eigenvalue weighted by Crippen LogP contribution is 2.31. The van der Waals surface area contributed by atoms with Crippen LogP contribution in [0.2, 0.25) is 0 Å². The summed E-state index contributed by atoms with van der Waals surface area (Å²) >= 11 is 0. The maximum atomic E-state index is 12.3. The van der Waals surface area contributed by atoms with E-state index in [9.17, 15) is 19.7 Å². The predicted octanol–water partition coefficient (Wildman–Crippen LogP) is 3.77. The number of benzene rings is 1. The number of rotatable bonds is 6. The molecule has 142 valence electrons. The van der Waals surface area contributed by atoms with Gasteiger partial charge in [-0.2, -0.15) is 0 Å². The summed E-state index contributed by atoms with van der Waals surface area (Å²) in [5.41, 5.74) is 2.41. The molecule has 3 rings (SSSR count). The molecule has 0 fully saturated rings. The monoisotopic (exact) mass is 371 g/mol. The number of anilines is 2. The van der Waals surface area contributed by atoms with Crippen LogP contribution in [0, 0.1) is 16.0 Å². The third-order valence-corrected chi connectivity index (χ3v) is 4.46. The van der Waals surface area contributed by atoms with Gasteiger partial charge in [0, 0.05) is 24.3 Å². The lowest BCUT2D eigenvalue weighted by Gasteiger charge is -2.30. The molecule has 0 unspecified atom stereocenters. The Morgan fingerprint density at radius 2 is 2.07 bits per heavy atom.